The average molecular weight is 355 g/mol. The maximum absolute atomic E-state index is 12.0. The molecule has 0 spiro atoms. The van der Waals surface area contributed by atoms with Crippen molar-refractivity contribution in [1.29, 1.82) is 0 Å². The van der Waals surface area contributed by atoms with Crippen molar-refractivity contribution in [1.82, 2.24) is 10.9 Å². The fourth-order valence-corrected chi connectivity index (χ4v) is 2.06. The molecule has 0 saturated heterocycles. The van der Waals surface area contributed by atoms with Crippen LogP contribution in [0.2, 0.25) is 0 Å². The maximum Gasteiger partial charge on any atom is 0.269 e. The highest BCUT2D eigenvalue weighted by Gasteiger charge is 2.08. The Balaban J connectivity index is 1.82. The summed E-state index contributed by atoms with van der Waals surface area (Å²) in [6.45, 7) is 3.93. The van der Waals surface area contributed by atoms with Gasteiger partial charge in [0.2, 0.25) is 5.91 Å². The van der Waals surface area contributed by atoms with E-state index in [0.29, 0.717) is 23.4 Å². The molecule has 26 heavy (non-hydrogen) atoms. The number of hydrogen-bond donors (Lipinski definition) is 3. The van der Waals surface area contributed by atoms with Crippen molar-refractivity contribution in [2.24, 2.45) is 5.92 Å². The molecule has 3 amide bonds. The van der Waals surface area contributed by atoms with Crippen molar-refractivity contribution >= 4 is 29.5 Å². The molecule has 0 bridgehead atoms. The largest absolute Gasteiger partial charge is 0.465 e. The molecule has 3 N–H and O–H groups in total. The van der Waals surface area contributed by atoms with Gasteiger partial charge in [-0.15, -0.1) is 0 Å². The van der Waals surface area contributed by atoms with Crippen molar-refractivity contribution in [3.63, 3.8) is 0 Å². The fourth-order valence-electron chi connectivity index (χ4n) is 2.06. The van der Waals surface area contributed by atoms with E-state index in [0.717, 1.165) is 0 Å². The molecular weight excluding hydrogens is 334 g/mol. The quantitative estimate of drug-likeness (QED) is 0.548. The highest BCUT2D eigenvalue weighted by Crippen LogP contribution is 2.11. The van der Waals surface area contributed by atoms with Crippen molar-refractivity contribution in [2.45, 2.75) is 20.3 Å². The minimum atomic E-state index is -0.493. The van der Waals surface area contributed by atoms with E-state index in [4.69, 9.17) is 4.42 Å². The Morgan fingerprint density at radius 2 is 1.81 bits per heavy atom. The molecule has 7 nitrogen and oxygen atoms in total. The summed E-state index contributed by atoms with van der Waals surface area (Å²) in [7, 11) is 0. The van der Waals surface area contributed by atoms with E-state index >= 15 is 0 Å². The van der Waals surface area contributed by atoms with Gasteiger partial charge < -0.3 is 9.73 Å². The van der Waals surface area contributed by atoms with Crippen LogP contribution in [0, 0.1) is 5.92 Å². The van der Waals surface area contributed by atoms with Gasteiger partial charge in [0.1, 0.15) is 5.76 Å². The number of furan rings is 1. The second-order valence-electron chi connectivity index (χ2n) is 6.02. The second-order valence-corrected chi connectivity index (χ2v) is 6.02. The van der Waals surface area contributed by atoms with Crippen LogP contribution < -0.4 is 16.2 Å². The SMILES string of the molecule is CC(C)CC(=O)Nc1ccc(C(=O)NNC(=O)C=Cc2ccco2)cc1. The summed E-state index contributed by atoms with van der Waals surface area (Å²) in [6.07, 6.45) is 4.65. The molecular formula is C19H21N3O4. The lowest BCUT2D eigenvalue weighted by atomic mass is 10.1. The van der Waals surface area contributed by atoms with Crippen molar-refractivity contribution in [2.75, 3.05) is 5.32 Å². The number of rotatable bonds is 6. The summed E-state index contributed by atoms with van der Waals surface area (Å²) in [5, 5.41) is 2.76. The molecule has 1 heterocycles. The third kappa shape index (κ3) is 6.27. The molecule has 0 radical (unpaired) electrons. The second kappa shape index (κ2) is 9.22. The van der Waals surface area contributed by atoms with Crippen LogP contribution in [-0.2, 0) is 9.59 Å². The standard InChI is InChI=1S/C19H21N3O4/c1-13(2)12-18(24)20-15-7-5-14(6-8-15)19(25)22-21-17(23)10-9-16-4-3-11-26-16/h3-11,13H,12H2,1-2H3,(H,20,24)(H,21,23)(H,22,25). The number of anilines is 1. The van der Waals surface area contributed by atoms with Gasteiger partial charge in [-0.25, -0.2) is 0 Å². The topological polar surface area (TPSA) is 100 Å². The van der Waals surface area contributed by atoms with E-state index in [1.165, 1.54) is 18.4 Å². The van der Waals surface area contributed by atoms with Gasteiger partial charge in [0.25, 0.3) is 11.8 Å². The van der Waals surface area contributed by atoms with Gasteiger partial charge in [-0.3, -0.25) is 25.2 Å². The van der Waals surface area contributed by atoms with Crippen LogP contribution in [0.25, 0.3) is 6.08 Å². The summed E-state index contributed by atoms with van der Waals surface area (Å²) >= 11 is 0. The Morgan fingerprint density at radius 3 is 2.42 bits per heavy atom. The van der Waals surface area contributed by atoms with Crippen LogP contribution in [0.3, 0.4) is 0 Å². The number of hydrazine groups is 1. The normalized spacial score (nSPS) is 10.7. The van der Waals surface area contributed by atoms with E-state index in [9.17, 15) is 14.4 Å². The van der Waals surface area contributed by atoms with Crippen LogP contribution in [0.15, 0.2) is 53.2 Å². The third-order valence-electron chi connectivity index (χ3n) is 3.27. The zero-order valence-corrected chi connectivity index (χ0v) is 14.6. The number of benzene rings is 1. The van der Waals surface area contributed by atoms with Gasteiger partial charge in [0, 0.05) is 23.7 Å². The molecule has 1 aromatic heterocycles. The fraction of sp³-hybridized carbons (Fsp3) is 0.211. The smallest absolute Gasteiger partial charge is 0.269 e. The average Bonchev–Trinajstić information content (AvgIpc) is 3.11. The summed E-state index contributed by atoms with van der Waals surface area (Å²) in [4.78, 5) is 35.4. The Bertz CT molecular complexity index is 778. The maximum atomic E-state index is 12.0. The van der Waals surface area contributed by atoms with Gasteiger partial charge in [-0.05, 0) is 48.4 Å². The van der Waals surface area contributed by atoms with Crippen molar-refractivity contribution < 1.29 is 18.8 Å². The highest BCUT2D eigenvalue weighted by atomic mass is 16.3. The summed E-state index contributed by atoms with van der Waals surface area (Å²) in [6, 6.07) is 9.78. The van der Waals surface area contributed by atoms with Crippen LogP contribution >= 0.6 is 0 Å². The predicted molar refractivity (Wildman–Crippen MR) is 97.9 cm³/mol. The van der Waals surface area contributed by atoms with Crippen LogP contribution in [0.5, 0.6) is 0 Å². The van der Waals surface area contributed by atoms with Gasteiger partial charge in [-0.1, -0.05) is 13.8 Å². The third-order valence-corrected chi connectivity index (χ3v) is 3.27. The number of carbonyl (C=O) groups excluding carboxylic acids is 3. The Hall–Kier alpha value is -3.35. The number of hydrogen-bond acceptors (Lipinski definition) is 4. The monoisotopic (exact) mass is 355 g/mol. The molecule has 2 rings (SSSR count). The van der Waals surface area contributed by atoms with E-state index in [1.807, 2.05) is 13.8 Å². The first-order valence-corrected chi connectivity index (χ1v) is 8.16. The first-order valence-electron chi connectivity index (χ1n) is 8.16. The molecule has 0 fully saturated rings. The molecule has 1 aromatic carbocycles. The van der Waals surface area contributed by atoms with E-state index in [2.05, 4.69) is 16.2 Å². The van der Waals surface area contributed by atoms with Crippen molar-refractivity contribution in [3.05, 3.63) is 60.1 Å². The van der Waals surface area contributed by atoms with Gasteiger partial charge in [-0.2, -0.15) is 0 Å². The lowest BCUT2D eigenvalue weighted by Crippen LogP contribution is -2.40. The van der Waals surface area contributed by atoms with Crippen molar-refractivity contribution in [3.8, 4) is 0 Å². The van der Waals surface area contributed by atoms with Crippen LogP contribution in [0.1, 0.15) is 36.4 Å². The first kappa shape index (κ1) is 19.0. The summed E-state index contributed by atoms with van der Waals surface area (Å²) in [5.41, 5.74) is 5.54. The highest BCUT2D eigenvalue weighted by molar-refractivity contribution is 5.98. The minimum absolute atomic E-state index is 0.0761. The summed E-state index contributed by atoms with van der Waals surface area (Å²) < 4.78 is 5.05. The van der Waals surface area contributed by atoms with Gasteiger partial charge in [0.15, 0.2) is 0 Å². The number of amides is 3. The Morgan fingerprint density at radius 1 is 1.08 bits per heavy atom. The Labute approximate surface area is 151 Å². The van der Waals surface area contributed by atoms with Gasteiger partial charge in [0.05, 0.1) is 6.26 Å². The van der Waals surface area contributed by atoms with E-state index in [-0.39, 0.29) is 11.8 Å². The Kier molecular flexibility index (Phi) is 6.73. The molecule has 0 aliphatic rings. The lowest BCUT2D eigenvalue weighted by molar-refractivity contribution is -0.117. The lowest BCUT2D eigenvalue weighted by Gasteiger charge is -2.08. The first-order chi connectivity index (χ1) is 12.4. The molecule has 136 valence electrons. The number of carbonyl (C=O) groups is 3. The zero-order valence-electron chi connectivity index (χ0n) is 14.6. The molecule has 0 aliphatic heterocycles. The minimum Gasteiger partial charge on any atom is -0.465 e. The van der Waals surface area contributed by atoms with E-state index in [1.54, 1.807) is 36.4 Å². The summed E-state index contributed by atoms with van der Waals surface area (Å²) in [5.74, 6) is -0.239. The van der Waals surface area contributed by atoms with E-state index < -0.39 is 11.8 Å². The molecule has 2 aromatic rings. The zero-order chi connectivity index (χ0) is 18.9. The molecule has 0 atom stereocenters. The van der Waals surface area contributed by atoms with Gasteiger partial charge >= 0.3 is 0 Å². The van der Waals surface area contributed by atoms with Crippen LogP contribution in [-0.4, -0.2) is 17.7 Å². The molecule has 0 aliphatic carbocycles. The molecule has 0 saturated carbocycles. The molecule has 7 heteroatoms. The molecule has 0 unspecified atom stereocenters. The van der Waals surface area contributed by atoms with Crippen LogP contribution in [0.4, 0.5) is 5.69 Å². The predicted octanol–water partition coefficient (Wildman–Crippen LogP) is 2.74. The number of nitrogens with one attached hydrogen (secondary N) is 3.